The summed E-state index contributed by atoms with van der Waals surface area (Å²) in [5.74, 6) is -0.729. The molecule has 0 unspecified atom stereocenters. The van der Waals surface area contributed by atoms with E-state index in [2.05, 4.69) is 4.74 Å². The molecule has 1 heterocycles. The standard InChI is InChI=1S/C11H12O5/c1-5-6(11(14)15-2)4-9(16-5)7-3-8(7)10(12)13/h4,7-8H,3H2,1-2H3,(H,12,13)/t7-,8-/m1/s1. The summed E-state index contributed by atoms with van der Waals surface area (Å²) in [6.45, 7) is 1.66. The van der Waals surface area contributed by atoms with Gasteiger partial charge in [0.25, 0.3) is 0 Å². The minimum Gasteiger partial charge on any atom is -0.481 e. The van der Waals surface area contributed by atoms with E-state index in [-0.39, 0.29) is 11.8 Å². The fourth-order valence-electron chi connectivity index (χ4n) is 1.78. The highest BCUT2D eigenvalue weighted by atomic mass is 16.5. The van der Waals surface area contributed by atoms with E-state index in [1.165, 1.54) is 7.11 Å². The molecule has 5 nitrogen and oxygen atoms in total. The van der Waals surface area contributed by atoms with E-state index in [4.69, 9.17) is 9.52 Å². The largest absolute Gasteiger partial charge is 0.481 e. The van der Waals surface area contributed by atoms with E-state index in [1.54, 1.807) is 13.0 Å². The molecule has 0 aromatic carbocycles. The van der Waals surface area contributed by atoms with Crippen molar-refractivity contribution in [2.24, 2.45) is 5.92 Å². The van der Waals surface area contributed by atoms with Gasteiger partial charge in [-0.1, -0.05) is 0 Å². The highest BCUT2D eigenvalue weighted by molar-refractivity contribution is 5.90. The van der Waals surface area contributed by atoms with Crippen LogP contribution in [0.2, 0.25) is 0 Å². The van der Waals surface area contributed by atoms with Crippen LogP contribution in [-0.2, 0) is 9.53 Å². The maximum absolute atomic E-state index is 11.3. The first-order valence-electron chi connectivity index (χ1n) is 4.96. The quantitative estimate of drug-likeness (QED) is 0.788. The number of rotatable bonds is 3. The number of carbonyl (C=O) groups is 2. The van der Waals surface area contributed by atoms with Crippen molar-refractivity contribution >= 4 is 11.9 Å². The molecule has 0 amide bonds. The van der Waals surface area contributed by atoms with E-state index in [0.29, 0.717) is 23.5 Å². The third-order valence-electron chi connectivity index (χ3n) is 2.82. The summed E-state index contributed by atoms with van der Waals surface area (Å²) in [6.07, 6.45) is 0.572. The maximum atomic E-state index is 11.3. The lowest BCUT2D eigenvalue weighted by atomic mass is 10.2. The zero-order valence-electron chi connectivity index (χ0n) is 9.02. The first-order chi connectivity index (χ1) is 7.54. The molecule has 86 valence electrons. The topological polar surface area (TPSA) is 76.7 Å². The number of ether oxygens (including phenoxy) is 1. The van der Waals surface area contributed by atoms with Crippen LogP contribution in [-0.4, -0.2) is 24.2 Å². The van der Waals surface area contributed by atoms with Gasteiger partial charge in [-0.25, -0.2) is 4.79 Å². The Balaban J connectivity index is 2.20. The number of aliphatic carboxylic acids is 1. The zero-order chi connectivity index (χ0) is 11.9. The van der Waals surface area contributed by atoms with Gasteiger partial charge in [0.2, 0.25) is 0 Å². The summed E-state index contributed by atoms with van der Waals surface area (Å²) in [6, 6.07) is 1.58. The van der Waals surface area contributed by atoms with Gasteiger partial charge in [0.1, 0.15) is 17.1 Å². The summed E-state index contributed by atoms with van der Waals surface area (Å²) in [7, 11) is 1.30. The van der Waals surface area contributed by atoms with Crippen LogP contribution in [0.25, 0.3) is 0 Å². The number of carboxylic acids is 1. The number of carbonyl (C=O) groups excluding carboxylic acids is 1. The Kier molecular flexibility index (Phi) is 2.46. The highest BCUT2D eigenvalue weighted by Gasteiger charge is 2.46. The Hall–Kier alpha value is -1.78. The molecule has 2 rings (SSSR count). The molecule has 0 spiro atoms. The lowest BCUT2D eigenvalue weighted by Crippen LogP contribution is -2.00. The summed E-state index contributed by atoms with van der Waals surface area (Å²) in [5, 5.41) is 8.78. The Bertz CT molecular complexity index is 445. The average molecular weight is 224 g/mol. The summed E-state index contributed by atoms with van der Waals surface area (Å²) < 4.78 is 9.97. The number of furan rings is 1. The van der Waals surface area contributed by atoms with Crippen LogP contribution in [0.4, 0.5) is 0 Å². The minimum absolute atomic E-state index is 0.102. The number of esters is 1. The van der Waals surface area contributed by atoms with Crippen LogP contribution in [0.15, 0.2) is 10.5 Å². The number of hydrogen-bond donors (Lipinski definition) is 1. The Morgan fingerprint density at radius 3 is 2.75 bits per heavy atom. The van der Waals surface area contributed by atoms with Crippen LogP contribution in [0.5, 0.6) is 0 Å². The van der Waals surface area contributed by atoms with Gasteiger partial charge in [-0.15, -0.1) is 0 Å². The summed E-state index contributed by atoms with van der Waals surface area (Å²) >= 11 is 0. The number of aryl methyl sites for hydroxylation is 1. The van der Waals surface area contributed by atoms with Crippen LogP contribution in [0.1, 0.15) is 34.2 Å². The van der Waals surface area contributed by atoms with Gasteiger partial charge in [-0.3, -0.25) is 4.79 Å². The fourth-order valence-corrected chi connectivity index (χ4v) is 1.78. The SMILES string of the molecule is COC(=O)c1cc([C@@H]2C[C@H]2C(=O)O)oc1C. The van der Waals surface area contributed by atoms with Crippen molar-refractivity contribution in [3.05, 3.63) is 23.2 Å². The van der Waals surface area contributed by atoms with E-state index < -0.39 is 11.9 Å². The third-order valence-corrected chi connectivity index (χ3v) is 2.82. The molecule has 0 radical (unpaired) electrons. The first-order valence-corrected chi connectivity index (χ1v) is 4.96. The predicted molar refractivity (Wildman–Crippen MR) is 53.3 cm³/mol. The van der Waals surface area contributed by atoms with Gasteiger partial charge in [0.15, 0.2) is 0 Å². The van der Waals surface area contributed by atoms with Crippen molar-refractivity contribution in [2.45, 2.75) is 19.3 Å². The second-order valence-corrected chi connectivity index (χ2v) is 3.90. The first kappa shape index (κ1) is 10.7. The van der Waals surface area contributed by atoms with E-state index in [9.17, 15) is 9.59 Å². The van der Waals surface area contributed by atoms with E-state index in [0.717, 1.165) is 0 Å². The molecule has 0 bridgehead atoms. The van der Waals surface area contributed by atoms with Gasteiger partial charge in [-0.05, 0) is 19.4 Å². The number of hydrogen-bond acceptors (Lipinski definition) is 4. The highest BCUT2D eigenvalue weighted by Crippen LogP contribution is 2.48. The van der Waals surface area contributed by atoms with Gasteiger partial charge in [0.05, 0.1) is 13.0 Å². The molecule has 1 aromatic heterocycles. The molecule has 16 heavy (non-hydrogen) atoms. The molecule has 1 saturated carbocycles. The monoisotopic (exact) mass is 224 g/mol. The molecule has 5 heteroatoms. The molecule has 1 aromatic rings. The van der Waals surface area contributed by atoms with Crippen molar-refractivity contribution in [1.29, 1.82) is 0 Å². The van der Waals surface area contributed by atoms with Crippen molar-refractivity contribution in [2.75, 3.05) is 7.11 Å². The molecule has 0 aliphatic heterocycles. The molecule has 2 atom stereocenters. The molecule has 1 N–H and O–H groups in total. The van der Waals surface area contributed by atoms with Gasteiger partial charge < -0.3 is 14.3 Å². The third kappa shape index (κ3) is 1.68. The maximum Gasteiger partial charge on any atom is 0.341 e. The van der Waals surface area contributed by atoms with Crippen LogP contribution < -0.4 is 0 Å². The average Bonchev–Trinajstić information content (AvgIpc) is 2.96. The molecule has 1 fully saturated rings. The Morgan fingerprint density at radius 2 is 2.25 bits per heavy atom. The number of methoxy groups -OCH3 is 1. The van der Waals surface area contributed by atoms with Crippen molar-refractivity contribution in [3.63, 3.8) is 0 Å². The second-order valence-electron chi connectivity index (χ2n) is 3.90. The molecular weight excluding hydrogens is 212 g/mol. The summed E-state index contributed by atoms with van der Waals surface area (Å²) in [4.78, 5) is 22.0. The predicted octanol–water partition coefficient (Wildman–Crippen LogP) is 1.56. The molecular formula is C11H12O5. The second kappa shape index (κ2) is 3.66. The molecule has 1 aliphatic rings. The van der Waals surface area contributed by atoms with Crippen LogP contribution in [0.3, 0.4) is 0 Å². The Labute approximate surface area is 92.0 Å². The number of carboxylic acid groups (broad SMARTS) is 1. The van der Waals surface area contributed by atoms with E-state index >= 15 is 0 Å². The lowest BCUT2D eigenvalue weighted by Gasteiger charge is -1.93. The van der Waals surface area contributed by atoms with Crippen molar-refractivity contribution in [3.8, 4) is 0 Å². The minimum atomic E-state index is -0.821. The van der Waals surface area contributed by atoms with Crippen molar-refractivity contribution in [1.82, 2.24) is 0 Å². The van der Waals surface area contributed by atoms with Gasteiger partial charge in [0, 0.05) is 5.92 Å². The van der Waals surface area contributed by atoms with E-state index in [1.807, 2.05) is 0 Å². The smallest absolute Gasteiger partial charge is 0.341 e. The van der Waals surface area contributed by atoms with Gasteiger partial charge >= 0.3 is 11.9 Å². The normalized spacial score (nSPS) is 22.9. The van der Waals surface area contributed by atoms with Crippen LogP contribution >= 0.6 is 0 Å². The molecule has 0 saturated heterocycles. The van der Waals surface area contributed by atoms with Gasteiger partial charge in [-0.2, -0.15) is 0 Å². The van der Waals surface area contributed by atoms with Crippen LogP contribution in [0, 0.1) is 12.8 Å². The molecule has 1 aliphatic carbocycles. The summed E-state index contributed by atoms with van der Waals surface area (Å²) in [5.41, 5.74) is 0.369. The zero-order valence-corrected chi connectivity index (χ0v) is 9.02. The fraction of sp³-hybridized carbons (Fsp3) is 0.455. The van der Waals surface area contributed by atoms with Crippen molar-refractivity contribution < 1.29 is 23.8 Å². The lowest BCUT2D eigenvalue weighted by molar-refractivity contribution is -0.138. The Morgan fingerprint density at radius 1 is 1.56 bits per heavy atom.